The van der Waals surface area contributed by atoms with E-state index in [9.17, 15) is 9.59 Å². The first-order chi connectivity index (χ1) is 12.7. The number of nitrogens with zero attached hydrogens (tertiary/aromatic N) is 4. The van der Waals surface area contributed by atoms with E-state index in [-0.39, 0.29) is 11.6 Å². The Hall–Kier alpha value is -2.22. The van der Waals surface area contributed by atoms with Crippen molar-refractivity contribution in [2.75, 3.05) is 36.8 Å². The molecule has 0 bridgehead atoms. The Morgan fingerprint density at radius 1 is 1.19 bits per heavy atom. The number of carbonyl (C=O) groups excluding carboxylic acids is 1. The highest BCUT2D eigenvalue weighted by atomic mass is 32.2. The van der Waals surface area contributed by atoms with Crippen LogP contribution in [0.3, 0.4) is 0 Å². The first kappa shape index (κ1) is 18.6. The highest BCUT2D eigenvalue weighted by molar-refractivity contribution is 7.99. The smallest absolute Gasteiger partial charge is 0.343 e. The van der Waals surface area contributed by atoms with Crippen LogP contribution in [0.25, 0.3) is 0 Å². The second-order valence-electron chi connectivity index (χ2n) is 6.31. The molecule has 1 N–H and O–H groups in total. The van der Waals surface area contributed by atoms with Crippen molar-refractivity contribution in [3.05, 3.63) is 40.8 Å². The average molecular weight is 375 g/mol. The van der Waals surface area contributed by atoms with Gasteiger partial charge in [0.05, 0.1) is 5.75 Å². The summed E-state index contributed by atoms with van der Waals surface area (Å²) in [4.78, 5) is 28.5. The molecule has 0 radical (unpaired) electrons. The van der Waals surface area contributed by atoms with E-state index >= 15 is 0 Å². The zero-order chi connectivity index (χ0) is 18.4. The maximum Gasteiger partial charge on any atom is 0.343 e. The molecule has 1 aromatic heterocycles. The maximum atomic E-state index is 12.5. The van der Waals surface area contributed by atoms with Gasteiger partial charge in [0.2, 0.25) is 5.91 Å². The van der Waals surface area contributed by atoms with Crippen LogP contribution in [0.5, 0.6) is 0 Å². The number of H-pyrrole nitrogens is 1. The summed E-state index contributed by atoms with van der Waals surface area (Å²) in [5.41, 5.74) is 0.996. The third-order valence-electron chi connectivity index (χ3n) is 4.54. The maximum absolute atomic E-state index is 12.5. The number of unbranched alkanes of at least 4 members (excludes halogenated alkanes) is 1. The van der Waals surface area contributed by atoms with Gasteiger partial charge in [-0.2, -0.15) is 0 Å². The largest absolute Gasteiger partial charge is 0.368 e. The van der Waals surface area contributed by atoms with Crippen molar-refractivity contribution in [2.24, 2.45) is 0 Å². The summed E-state index contributed by atoms with van der Waals surface area (Å²) >= 11 is 1.33. The van der Waals surface area contributed by atoms with Crippen LogP contribution in [0.1, 0.15) is 19.8 Å². The lowest BCUT2D eigenvalue weighted by atomic mass is 10.2. The molecule has 1 saturated heterocycles. The SMILES string of the molecule is CCCCn1c(SCC(=O)N2CCN(c3ccccc3)CC2)n[nH]c1=O. The predicted octanol–water partition coefficient (Wildman–Crippen LogP) is 1.81. The molecule has 1 aliphatic heterocycles. The standard InChI is InChI=1S/C18H25N5O2S/c1-2-3-9-23-17(25)19-20-18(23)26-14-16(24)22-12-10-21(11-13-22)15-7-5-4-6-8-15/h4-8H,2-3,9-14H2,1H3,(H,19,25). The Balaban J connectivity index is 1.50. The zero-order valence-electron chi connectivity index (χ0n) is 15.1. The van der Waals surface area contributed by atoms with Crippen LogP contribution in [-0.4, -0.2) is 57.5 Å². The Morgan fingerprint density at radius 3 is 2.62 bits per heavy atom. The number of aromatic nitrogens is 3. The molecule has 0 saturated carbocycles. The quantitative estimate of drug-likeness (QED) is 0.747. The Morgan fingerprint density at radius 2 is 1.92 bits per heavy atom. The van der Waals surface area contributed by atoms with Gasteiger partial charge in [0.25, 0.3) is 0 Å². The number of carbonyl (C=O) groups is 1. The minimum absolute atomic E-state index is 0.0974. The van der Waals surface area contributed by atoms with E-state index in [2.05, 4.69) is 34.2 Å². The lowest BCUT2D eigenvalue weighted by Gasteiger charge is -2.36. The van der Waals surface area contributed by atoms with Gasteiger partial charge in [-0.3, -0.25) is 9.36 Å². The molecule has 7 nitrogen and oxygen atoms in total. The summed E-state index contributed by atoms with van der Waals surface area (Å²) in [7, 11) is 0. The van der Waals surface area contributed by atoms with Crippen molar-refractivity contribution >= 4 is 23.4 Å². The Bertz CT molecular complexity index is 765. The van der Waals surface area contributed by atoms with E-state index in [1.165, 1.54) is 17.4 Å². The molecule has 26 heavy (non-hydrogen) atoms. The summed E-state index contributed by atoms with van der Waals surface area (Å²) in [6.07, 6.45) is 1.93. The molecule has 2 aromatic rings. The number of amides is 1. The molecular formula is C18H25N5O2S. The number of piperazine rings is 1. The lowest BCUT2D eigenvalue weighted by Crippen LogP contribution is -2.49. The number of hydrogen-bond donors (Lipinski definition) is 1. The topological polar surface area (TPSA) is 74.2 Å². The van der Waals surface area contributed by atoms with Crippen LogP contribution in [-0.2, 0) is 11.3 Å². The van der Waals surface area contributed by atoms with Gasteiger partial charge in [0, 0.05) is 38.4 Å². The fourth-order valence-electron chi connectivity index (χ4n) is 3.00. The molecule has 0 spiro atoms. The van der Waals surface area contributed by atoms with E-state index in [4.69, 9.17) is 0 Å². The van der Waals surface area contributed by atoms with Crippen LogP contribution >= 0.6 is 11.8 Å². The van der Waals surface area contributed by atoms with Crippen molar-refractivity contribution in [1.29, 1.82) is 0 Å². The molecule has 1 fully saturated rings. The lowest BCUT2D eigenvalue weighted by molar-refractivity contribution is -0.128. The third kappa shape index (κ3) is 4.49. The zero-order valence-corrected chi connectivity index (χ0v) is 15.9. The second kappa shape index (κ2) is 8.93. The summed E-state index contributed by atoms with van der Waals surface area (Å²) < 4.78 is 1.62. The fourth-order valence-corrected chi connectivity index (χ4v) is 3.87. The summed E-state index contributed by atoms with van der Waals surface area (Å²) in [5.74, 6) is 0.405. The third-order valence-corrected chi connectivity index (χ3v) is 5.50. The molecule has 8 heteroatoms. The minimum Gasteiger partial charge on any atom is -0.368 e. The molecule has 140 valence electrons. The molecule has 0 unspecified atom stereocenters. The average Bonchev–Trinajstić information content (AvgIpc) is 3.04. The van der Waals surface area contributed by atoms with Crippen LogP contribution in [0, 0.1) is 0 Å². The van der Waals surface area contributed by atoms with Crippen molar-refractivity contribution in [2.45, 2.75) is 31.5 Å². The van der Waals surface area contributed by atoms with Crippen molar-refractivity contribution in [1.82, 2.24) is 19.7 Å². The van der Waals surface area contributed by atoms with E-state index < -0.39 is 0 Å². The molecule has 1 amide bonds. The van der Waals surface area contributed by atoms with Crippen molar-refractivity contribution in [3.63, 3.8) is 0 Å². The van der Waals surface area contributed by atoms with E-state index in [0.717, 1.165) is 39.0 Å². The number of nitrogens with one attached hydrogen (secondary N) is 1. The van der Waals surface area contributed by atoms with Gasteiger partial charge in [-0.1, -0.05) is 43.3 Å². The van der Waals surface area contributed by atoms with Crippen LogP contribution < -0.4 is 10.6 Å². The second-order valence-corrected chi connectivity index (χ2v) is 7.25. The Kier molecular flexibility index (Phi) is 6.38. The van der Waals surface area contributed by atoms with E-state index in [0.29, 0.717) is 17.5 Å². The monoisotopic (exact) mass is 375 g/mol. The molecule has 3 rings (SSSR count). The van der Waals surface area contributed by atoms with Crippen LogP contribution in [0.2, 0.25) is 0 Å². The normalized spacial score (nSPS) is 14.7. The summed E-state index contributed by atoms with van der Waals surface area (Å²) in [6, 6.07) is 10.3. The van der Waals surface area contributed by atoms with Crippen molar-refractivity contribution in [3.8, 4) is 0 Å². The van der Waals surface area contributed by atoms with Crippen molar-refractivity contribution < 1.29 is 4.79 Å². The van der Waals surface area contributed by atoms with Gasteiger partial charge >= 0.3 is 5.69 Å². The number of para-hydroxylation sites is 1. The number of rotatable bonds is 7. The van der Waals surface area contributed by atoms with E-state index in [1.54, 1.807) is 4.57 Å². The van der Waals surface area contributed by atoms with Gasteiger partial charge in [-0.05, 0) is 18.6 Å². The fraction of sp³-hybridized carbons (Fsp3) is 0.500. The van der Waals surface area contributed by atoms with Gasteiger partial charge in [-0.25, -0.2) is 9.89 Å². The van der Waals surface area contributed by atoms with E-state index in [1.807, 2.05) is 23.1 Å². The van der Waals surface area contributed by atoms with Gasteiger partial charge < -0.3 is 9.80 Å². The summed E-state index contributed by atoms with van der Waals surface area (Å²) in [5, 5.41) is 7.12. The summed E-state index contributed by atoms with van der Waals surface area (Å²) in [6.45, 7) is 5.83. The van der Waals surface area contributed by atoms with Gasteiger partial charge in [0.15, 0.2) is 5.16 Å². The van der Waals surface area contributed by atoms with Crippen LogP contribution in [0.15, 0.2) is 40.3 Å². The van der Waals surface area contributed by atoms with Gasteiger partial charge in [-0.15, -0.1) is 5.10 Å². The predicted molar refractivity (Wildman–Crippen MR) is 104 cm³/mol. The first-order valence-electron chi connectivity index (χ1n) is 9.05. The minimum atomic E-state index is -0.204. The molecular weight excluding hydrogens is 350 g/mol. The molecule has 0 aliphatic carbocycles. The molecule has 2 heterocycles. The number of anilines is 1. The highest BCUT2D eigenvalue weighted by Crippen LogP contribution is 2.18. The molecule has 1 aliphatic rings. The Labute approximate surface area is 157 Å². The number of aromatic amines is 1. The highest BCUT2D eigenvalue weighted by Gasteiger charge is 2.22. The van der Waals surface area contributed by atoms with Gasteiger partial charge in [0.1, 0.15) is 0 Å². The molecule has 1 aromatic carbocycles. The number of thioether (sulfide) groups is 1. The molecule has 0 atom stereocenters. The van der Waals surface area contributed by atoms with Crippen LogP contribution in [0.4, 0.5) is 5.69 Å². The number of benzene rings is 1. The first-order valence-corrected chi connectivity index (χ1v) is 10.0. The number of hydrogen-bond acceptors (Lipinski definition) is 5.